The Labute approximate surface area is 129 Å². The normalized spacial score (nSPS) is 15.7. The molecule has 1 aliphatic heterocycles. The predicted octanol–water partition coefficient (Wildman–Crippen LogP) is 1.42. The van der Waals surface area contributed by atoms with E-state index in [9.17, 15) is 9.59 Å². The van der Waals surface area contributed by atoms with E-state index < -0.39 is 6.04 Å². The van der Waals surface area contributed by atoms with Crippen LogP contribution >= 0.6 is 11.3 Å². The first-order valence-corrected chi connectivity index (χ1v) is 8.05. The Morgan fingerprint density at radius 2 is 2.24 bits per heavy atom. The van der Waals surface area contributed by atoms with Gasteiger partial charge in [0.15, 0.2) is 0 Å². The molecule has 0 bridgehead atoms. The maximum Gasteiger partial charge on any atom is 0.323 e. The Kier molecular flexibility index (Phi) is 5.36. The second-order valence-corrected chi connectivity index (χ2v) is 6.56. The third-order valence-electron chi connectivity index (χ3n) is 3.76. The second-order valence-electron chi connectivity index (χ2n) is 5.56. The minimum Gasteiger partial charge on any atom is -0.468 e. The van der Waals surface area contributed by atoms with Gasteiger partial charge in [-0.1, -0.05) is 13.8 Å². The van der Waals surface area contributed by atoms with Gasteiger partial charge in [0.1, 0.15) is 6.04 Å². The summed E-state index contributed by atoms with van der Waals surface area (Å²) < 4.78 is 4.76. The van der Waals surface area contributed by atoms with Crippen LogP contribution in [-0.4, -0.2) is 43.0 Å². The summed E-state index contributed by atoms with van der Waals surface area (Å²) in [5.74, 6) is -0.215. The second kappa shape index (κ2) is 7.04. The zero-order chi connectivity index (χ0) is 15.4. The average molecular weight is 310 g/mol. The van der Waals surface area contributed by atoms with Crippen molar-refractivity contribution in [2.45, 2.75) is 32.9 Å². The highest BCUT2D eigenvalue weighted by molar-refractivity contribution is 7.10. The number of nitrogens with one attached hydrogen (secondary N) is 1. The highest BCUT2D eigenvalue weighted by Gasteiger charge is 2.26. The van der Waals surface area contributed by atoms with Crippen molar-refractivity contribution in [3.05, 3.63) is 21.9 Å². The van der Waals surface area contributed by atoms with Gasteiger partial charge in [0, 0.05) is 18.0 Å². The topological polar surface area (TPSA) is 58.6 Å². The maximum absolute atomic E-state index is 12.3. The third-order valence-corrected chi connectivity index (χ3v) is 4.78. The van der Waals surface area contributed by atoms with Gasteiger partial charge in [0.2, 0.25) is 5.91 Å². The smallest absolute Gasteiger partial charge is 0.323 e. The third kappa shape index (κ3) is 3.83. The van der Waals surface area contributed by atoms with Gasteiger partial charge in [0.05, 0.1) is 13.7 Å². The molecule has 2 heterocycles. The van der Waals surface area contributed by atoms with Crippen LogP contribution in [0.5, 0.6) is 0 Å². The van der Waals surface area contributed by atoms with Crippen molar-refractivity contribution in [2.24, 2.45) is 5.92 Å². The number of methoxy groups -OCH3 is 1. The molecular weight excluding hydrogens is 288 g/mol. The number of carbonyl (C=O) groups is 2. The molecule has 6 heteroatoms. The van der Waals surface area contributed by atoms with E-state index in [2.05, 4.69) is 16.8 Å². The summed E-state index contributed by atoms with van der Waals surface area (Å²) >= 11 is 1.75. The lowest BCUT2D eigenvalue weighted by molar-refractivity contribution is -0.144. The Balaban J connectivity index is 1.89. The first kappa shape index (κ1) is 16.0. The molecule has 21 heavy (non-hydrogen) atoms. The van der Waals surface area contributed by atoms with E-state index in [0.29, 0.717) is 6.54 Å². The molecule has 1 unspecified atom stereocenters. The van der Waals surface area contributed by atoms with Crippen LogP contribution in [0.4, 0.5) is 0 Å². The summed E-state index contributed by atoms with van der Waals surface area (Å²) in [6, 6.07) is 1.64. The number of rotatable bonds is 5. The lowest BCUT2D eigenvalue weighted by atomic mass is 10.0. The molecule has 0 fully saturated rings. The van der Waals surface area contributed by atoms with E-state index in [4.69, 9.17) is 4.74 Å². The van der Waals surface area contributed by atoms with Gasteiger partial charge in [-0.05, 0) is 29.3 Å². The molecule has 1 aromatic heterocycles. The zero-order valence-corrected chi connectivity index (χ0v) is 13.5. The van der Waals surface area contributed by atoms with Crippen molar-refractivity contribution in [3.63, 3.8) is 0 Å². The predicted molar refractivity (Wildman–Crippen MR) is 82.1 cm³/mol. The maximum atomic E-state index is 12.3. The van der Waals surface area contributed by atoms with Crippen molar-refractivity contribution in [2.75, 3.05) is 20.2 Å². The van der Waals surface area contributed by atoms with E-state index in [-0.39, 0.29) is 24.3 Å². The van der Waals surface area contributed by atoms with Crippen molar-refractivity contribution in [1.29, 1.82) is 0 Å². The molecule has 0 saturated heterocycles. The highest BCUT2D eigenvalue weighted by atomic mass is 32.1. The van der Waals surface area contributed by atoms with Crippen molar-refractivity contribution in [3.8, 4) is 0 Å². The molecule has 0 aromatic carbocycles. The van der Waals surface area contributed by atoms with Crippen LogP contribution < -0.4 is 5.32 Å². The quantitative estimate of drug-likeness (QED) is 0.836. The molecule has 1 aromatic rings. The van der Waals surface area contributed by atoms with E-state index in [1.165, 1.54) is 17.6 Å². The van der Waals surface area contributed by atoms with Gasteiger partial charge < -0.3 is 9.64 Å². The number of thiophene rings is 1. The summed E-state index contributed by atoms with van der Waals surface area (Å²) in [5.41, 5.74) is 1.24. The number of nitrogens with zero attached hydrogens (tertiary/aromatic N) is 1. The minimum absolute atomic E-state index is 0.0291. The molecule has 0 aliphatic carbocycles. The molecule has 0 radical (unpaired) electrons. The molecule has 1 amide bonds. The van der Waals surface area contributed by atoms with Gasteiger partial charge in [0.25, 0.3) is 0 Å². The number of ether oxygens (including phenoxy) is 1. The zero-order valence-electron chi connectivity index (χ0n) is 12.7. The van der Waals surface area contributed by atoms with Gasteiger partial charge in [-0.15, -0.1) is 11.3 Å². The van der Waals surface area contributed by atoms with E-state index >= 15 is 0 Å². The van der Waals surface area contributed by atoms with Gasteiger partial charge in [-0.25, -0.2) is 0 Å². The fourth-order valence-corrected chi connectivity index (χ4v) is 3.38. The van der Waals surface area contributed by atoms with Crippen LogP contribution in [-0.2, 0) is 27.3 Å². The lowest BCUT2D eigenvalue weighted by Crippen LogP contribution is -2.48. The number of amides is 1. The SMILES string of the molecule is COC(=O)C(NCC(=O)N1CCc2sccc2C1)C(C)C. The molecule has 0 spiro atoms. The fourth-order valence-electron chi connectivity index (χ4n) is 2.49. The van der Waals surface area contributed by atoms with Crippen LogP contribution in [0.1, 0.15) is 24.3 Å². The van der Waals surface area contributed by atoms with E-state index in [0.717, 1.165) is 13.0 Å². The van der Waals surface area contributed by atoms with Crippen LogP contribution in [0.25, 0.3) is 0 Å². The lowest BCUT2D eigenvalue weighted by Gasteiger charge is -2.28. The number of esters is 1. The van der Waals surface area contributed by atoms with Gasteiger partial charge >= 0.3 is 5.97 Å². The largest absolute Gasteiger partial charge is 0.468 e. The molecule has 1 aliphatic rings. The Bertz CT molecular complexity index is 513. The van der Waals surface area contributed by atoms with E-state index in [1.54, 1.807) is 11.3 Å². The highest BCUT2D eigenvalue weighted by Crippen LogP contribution is 2.23. The number of hydrogen-bond acceptors (Lipinski definition) is 5. The van der Waals surface area contributed by atoms with Crippen LogP contribution in [0, 0.1) is 5.92 Å². The Morgan fingerprint density at radius 3 is 2.90 bits per heavy atom. The average Bonchev–Trinajstić information content (AvgIpc) is 2.93. The summed E-state index contributed by atoms with van der Waals surface area (Å²) in [6.07, 6.45) is 0.920. The summed E-state index contributed by atoms with van der Waals surface area (Å²) in [7, 11) is 1.37. The summed E-state index contributed by atoms with van der Waals surface area (Å²) in [6.45, 7) is 5.44. The first-order valence-electron chi connectivity index (χ1n) is 7.17. The summed E-state index contributed by atoms with van der Waals surface area (Å²) in [5, 5.41) is 5.09. The molecule has 2 rings (SSSR count). The van der Waals surface area contributed by atoms with Crippen molar-refractivity contribution >= 4 is 23.2 Å². The minimum atomic E-state index is -0.444. The molecule has 5 nitrogen and oxygen atoms in total. The van der Waals surface area contributed by atoms with Gasteiger partial charge in [-0.3, -0.25) is 14.9 Å². The van der Waals surface area contributed by atoms with Crippen molar-refractivity contribution in [1.82, 2.24) is 10.2 Å². The molecule has 1 N–H and O–H groups in total. The molecule has 1 atom stereocenters. The van der Waals surface area contributed by atoms with E-state index in [1.807, 2.05) is 18.7 Å². The monoisotopic (exact) mass is 310 g/mol. The number of carbonyl (C=O) groups excluding carboxylic acids is 2. The van der Waals surface area contributed by atoms with Crippen LogP contribution in [0.15, 0.2) is 11.4 Å². The van der Waals surface area contributed by atoms with Crippen LogP contribution in [0.3, 0.4) is 0 Å². The van der Waals surface area contributed by atoms with Gasteiger partial charge in [-0.2, -0.15) is 0 Å². The molecule has 116 valence electrons. The number of fused-ring (bicyclic) bond motifs is 1. The Hall–Kier alpha value is -1.40. The standard InChI is InChI=1S/C15H22N2O3S/c1-10(2)14(15(19)20-3)16-8-13(18)17-6-4-12-11(9-17)5-7-21-12/h5,7,10,14,16H,4,6,8-9H2,1-3H3. The molecule has 0 saturated carbocycles. The summed E-state index contributed by atoms with van der Waals surface area (Å²) in [4.78, 5) is 27.2. The Morgan fingerprint density at radius 1 is 1.48 bits per heavy atom. The molecular formula is C15H22N2O3S. The fraction of sp³-hybridized carbons (Fsp3) is 0.600. The van der Waals surface area contributed by atoms with Crippen LogP contribution in [0.2, 0.25) is 0 Å². The number of hydrogen-bond donors (Lipinski definition) is 1. The first-order chi connectivity index (χ1) is 10.0. The van der Waals surface area contributed by atoms with Crippen molar-refractivity contribution < 1.29 is 14.3 Å².